The molecule has 1 N–H and O–H groups in total. The molecule has 202 valence electrons. The number of rotatable bonds is 9. The first-order chi connectivity index (χ1) is 19.6. The van der Waals surface area contributed by atoms with E-state index in [9.17, 15) is 0 Å². The largest absolute Gasteiger partial charge is 0.352 e. The number of nitrogens with one attached hydrogen (secondary N) is 1. The van der Waals surface area contributed by atoms with E-state index in [0.717, 1.165) is 42.3 Å². The lowest BCUT2D eigenvalue weighted by molar-refractivity contribution is 0.425. The number of fused-ring (bicyclic) bond motifs is 1. The highest BCUT2D eigenvalue weighted by Gasteiger charge is 2.46. The molecule has 0 bridgehead atoms. The van der Waals surface area contributed by atoms with Crippen LogP contribution in [-0.4, -0.2) is 15.3 Å². The van der Waals surface area contributed by atoms with Crippen LogP contribution >= 0.6 is 0 Å². The Bertz CT molecular complexity index is 1600. The number of unbranched alkanes of at least 4 members (excludes halogenated alkanes) is 1. The summed E-state index contributed by atoms with van der Waals surface area (Å²) >= 11 is 0. The van der Waals surface area contributed by atoms with Crippen LogP contribution in [-0.2, 0) is 13.1 Å². The average molecular weight is 528 g/mol. The summed E-state index contributed by atoms with van der Waals surface area (Å²) in [4.78, 5) is 4.88. The molecule has 40 heavy (non-hydrogen) atoms. The van der Waals surface area contributed by atoms with Crippen molar-refractivity contribution in [2.75, 3.05) is 10.3 Å². The van der Waals surface area contributed by atoms with E-state index in [1.165, 1.54) is 22.2 Å². The Labute approximate surface area is 237 Å². The van der Waals surface area contributed by atoms with E-state index < -0.39 is 0 Å². The molecule has 0 spiro atoms. The first-order valence-corrected chi connectivity index (χ1v) is 14.3. The van der Waals surface area contributed by atoms with Gasteiger partial charge in [0, 0.05) is 18.5 Å². The quantitative estimate of drug-likeness (QED) is 0.209. The van der Waals surface area contributed by atoms with Crippen LogP contribution in [0.2, 0.25) is 0 Å². The zero-order valence-corrected chi connectivity index (χ0v) is 23.6. The van der Waals surface area contributed by atoms with Crippen LogP contribution in [0.25, 0.3) is 11.0 Å². The second-order valence-corrected chi connectivity index (χ2v) is 11.1. The summed E-state index contributed by atoms with van der Waals surface area (Å²) < 4.78 is 2.31. The fourth-order valence-corrected chi connectivity index (χ4v) is 5.86. The van der Waals surface area contributed by atoms with Gasteiger partial charge in [0.1, 0.15) is 0 Å². The molecule has 5 heteroatoms. The Morgan fingerprint density at radius 2 is 1.48 bits per heavy atom. The molecular weight excluding hydrogens is 490 g/mol. The number of aromatic nitrogens is 2. The SMILES string of the molecule is CCCCn1c(NCc2ccc(N3N=C(c4ccccc4)C(C)(C)[C@@H]3c3ccccc3)cc2)nc2ccccc21. The van der Waals surface area contributed by atoms with Crippen LogP contribution in [0.1, 0.15) is 56.3 Å². The van der Waals surface area contributed by atoms with Gasteiger partial charge in [0.25, 0.3) is 0 Å². The van der Waals surface area contributed by atoms with Gasteiger partial charge in [-0.1, -0.05) is 112 Å². The Balaban J connectivity index is 1.27. The summed E-state index contributed by atoms with van der Waals surface area (Å²) in [5.41, 5.74) is 7.88. The average Bonchev–Trinajstić information content (AvgIpc) is 3.49. The van der Waals surface area contributed by atoms with E-state index in [0.29, 0.717) is 6.54 Å². The van der Waals surface area contributed by atoms with Crippen LogP contribution < -0.4 is 10.3 Å². The fourth-order valence-electron chi connectivity index (χ4n) is 5.86. The van der Waals surface area contributed by atoms with Gasteiger partial charge in [0.05, 0.1) is 28.5 Å². The smallest absolute Gasteiger partial charge is 0.204 e. The van der Waals surface area contributed by atoms with Crippen LogP contribution in [0.3, 0.4) is 0 Å². The molecule has 0 saturated carbocycles. The van der Waals surface area contributed by atoms with Crippen LogP contribution in [0.4, 0.5) is 11.6 Å². The fraction of sp³-hybridized carbons (Fsp3) is 0.257. The van der Waals surface area contributed by atoms with Gasteiger partial charge in [-0.3, -0.25) is 5.01 Å². The third-order valence-electron chi connectivity index (χ3n) is 7.95. The van der Waals surface area contributed by atoms with E-state index in [2.05, 4.69) is 145 Å². The third-order valence-corrected chi connectivity index (χ3v) is 7.95. The van der Waals surface area contributed by atoms with Crippen molar-refractivity contribution in [2.45, 2.75) is 52.7 Å². The van der Waals surface area contributed by atoms with Crippen LogP contribution in [0, 0.1) is 5.41 Å². The monoisotopic (exact) mass is 527 g/mol. The summed E-state index contributed by atoms with van der Waals surface area (Å²) in [5, 5.41) is 11.1. The predicted molar refractivity (Wildman–Crippen MR) is 167 cm³/mol. The van der Waals surface area contributed by atoms with Gasteiger partial charge in [-0.25, -0.2) is 4.98 Å². The van der Waals surface area contributed by atoms with Crippen molar-refractivity contribution in [1.82, 2.24) is 9.55 Å². The Morgan fingerprint density at radius 3 is 2.20 bits per heavy atom. The van der Waals surface area contributed by atoms with Crippen molar-refractivity contribution in [3.8, 4) is 0 Å². The number of anilines is 2. The van der Waals surface area contributed by atoms with E-state index in [-0.39, 0.29) is 11.5 Å². The lowest BCUT2D eigenvalue weighted by atomic mass is 9.75. The van der Waals surface area contributed by atoms with Crippen molar-refractivity contribution in [3.63, 3.8) is 0 Å². The molecule has 0 unspecified atom stereocenters. The number of hydrazone groups is 1. The van der Waals surface area contributed by atoms with Crippen molar-refractivity contribution in [3.05, 3.63) is 126 Å². The number of imidazole rings is 1. The molecule has 5 nitrogen and oxygen atoms in total. The third kappa shape index (κ3) is 4.88. The minimum absolute atomic E-state index is 0.0892. The number of hydrogen-bond donors (Lipinski definition) is 1. The molecule has 1 aromatic heterocycles. The highest BCUT2D eigenvalue weighted by atomic mass is 15.5. The van der Waals surface area contributed by atoms with Gasteiger partial charge in [0.15, 0.2) is 0 Å². The minimum atomic E-state index is -0.180. The summed E-state index contributed by atoms with van der Waals surface area (Å²) in [6.07, 6.45) is 2.28. The molecule has 2 heterocycles. The van der Waals surface area contributed by atoms with E-state index >= 15 is 0 Å². The van der Waals surface area contributed by atoms with Gasteiger partial charge < -0.3 is 9.88 Å². The molecular formula is C35H37N5. The van der Waals surface area contributed by atoms with Crippen molar-refractivity contribution in [1.29, 1.82) is 0 Å². The Hall–Kier alpha value is -4.38. The topological polar surface area (TPSA) is 45.5 Å². The van der Waals surface area contributed by atoms with Crippen molar-refractivity contribution in [2.24, 2.45) is 10.5 Å². The Kier molecular flexibility index (Phi) is 7.12. The number of aryl methyl sites for hydroxylation is 1. The highest BCUT2D eigenvalue weighted by molar-refractivity contribution is 6.07. The van der Waals surface area contributed by atoms with Crippen LogP contribution in [0.15, 0.2) is 114 Å². The van der Waals surface area contributed by atoms with Gasteiger partial charge in [-0.15, -0.1) is 0 Å². The highest BCUT2D eigenvalue weighted by Crippen LogP contribution is 2.48. The second-order valence-electron chi connectivity index (χ2n) is 11.1. The van der Waals surface area contributed by atoms with Crippen LogP contribution in [0.5, 0.6) is 0 Å². The molecule has 1 aliphatic heterocycles. The number of nitrogens with zero attached hydrogens (tertiary/aromatic N) is 4. The van der Waals surface area contributed by atoms with Crippen molar-refractivity contribution < 1.29 is 0 Å². The lowest BCUT2D eigenvalue weighted by Gasteiger charge is -2.33. The summed E-state index contributed by atoms with van der Waals surface area (Å²) in [6.45, 7) is 8.51. The molecule has 0 amide bonds. The van der Waals surface area contributed by atoms with Gasteiger partial charge in [-0.05, 0) is 47.4 Å². The first kappa shape index (κ1) is 25.9. The summed E-state index contributed by atoms with van der Waals surface area (Å²) in [6, 6.07) is 38.6. The molecule has 0 saturated heterocycles. The maximum Gasteiger partial charge on any atom is 0.204 e. The minimum Gasteiger partial charge on any atom is -0.352 e. The zero-order valence-electron chi connectivity index (χ0n) is 23.6. The molecule has 0 aliphatic carbocycles. The van der Waals surface area contributed by atoms with E-state index in [1.54, 1.807) is 0 Å². The molecule has 5 aromatic rings. The summed E-state index contributed by atoms with van der Waals surface area (Å²) in [5.74, 6) is 0.932. The molecule has 0 fully saturated rings. The number of hydrogen-bond acceptors (Lipinski definition) is 4. The molecule has 1 atom stereocenters. The molecule has 6 rings (SSSR count). The van der Waals surface area contributed by atoms with Crippen molar-refractivity contribution >= 4 is 28.4 Å². The second kappa shape index (κ2) is 11.0. The maximum atomic E-state index is 5.25. The maximum absolute atomic E-state index is 5.25. The molecule has 4 aromatic carbocycles. The number of para-hydroxylation sites is 2. The Morgan fingerprint density at radius 1 is 0.800 bits per heavy atom. The van der Waals surface area contributed by atoms with Gasteiger partial charge in [0.2, 0.25) is 5.95 Å². The molecule has 1 aliphatic rings. The van der Waals surface area contributed by atoms with Gasteiger partial charge in [-0.2, -0.15) is 5.10 Å². The normalized spacial score (nSPS) is 16.3. The summed E-state index contributed by atoms with van der Waals surface area (Å²) in [7, 11) is 0. The molecule has 0 radical (unpaired) electrons. The van der Waals surface area contributed by atoms with E-state index in [1.807, 2.05) is 0 Å². The van der Waals surface area contributed by atoms with E-state index in [4.69, 9.17) is 10.1 Å². The predicted octanol–water partition coefficient (Wildman–Crippen LogP) is 8.44. The van der Waals surface area contributed by atoms with Gasteiger partial charge >= 0.3 is 0 Å². The lowest BCUT2D eigenvalue weighted by Crippen LogP contribution is -2.32. The zero-order chi connectivity index (χ0) is 27.5. The standard InChI is InChI=1S/C35H37N5/c1-4-5-24-39-31-19-13-12-18-30(31)37-34(39)36-25-26-20-22-29(23-21-26)40-33(28-16-10-7-11-17-28)35(2,3)32(38-40)27-14-8-6-9-15-27/h6-23,33H,4-5,24-25H2,1-3H3,(H,36,37)/t33-/m0/s1. The first-order valence-electron chi connectivity index (χ1n) is 14.3. The number of benzene rings is 4.